The second kappa shape index (κ2) is 4.89. The summed E-state index contributed by atoms with van der Waals surface area (Å²) in [6, 6.07) is 0. The van der Waals surface area contributed by atoms with Crippen molar-refractivity contribution in [2.45, 2.75) is 6.92 Å². The Labute approximate surface area is 85.7 Å². The third-order valence-corrected chi connectivity index (χ3v) is 1.50. The molecule has 7 nitrogen and oxygen atoms in total. The summed E-state index contributed by atoms with van der Waals surface area (Å²) >= 11 is 0. The van der Waals surface area contributed by atoms with E-state index in [-0.39, 0.29) is 24.1 Å². The van der Waals surface area contributed by atoms with Crippen LogP contribution in [-0.2, 0) is 0 Å². The lowest BCUT2D eigenvalue weighted by Gasteiger charge is -2.02. The third kappa shape index (κ3) is 2.90. The van der Waals surface area contributed by atoms with E-state index in [1.807, 2.05) is 6.92 Å². The van der Waals surface area contributed by atoms with Crippen LogP contribution in [0.3, 0.4) is 0 Å². The van der Waals surface area contributed by atoms with Crippen molar-refractivity contribution in [2.24, 2.45) is 0 Å². The highest BCUT2D eigenvalue weighted by atomic mass is 16.6. The van der Waals surface area contributed by atoms with Gasteiger partial charge in [0.25, 0.3) is 5.88 Å². The lowest BCUT2D eigenvalue weighted by molar-refractivity contribution is -0.386. The van der Waals surface area contributed by atoms with Crippen molar-refractivity contribution >= 4 is 11.6 Å². The molecule has 0 aromatic carbocycles. The number of anilines is 1. The molecule has 1 rings (SSSR count). The Morgan fingerprint density at radius 3 is 3.07 bits per heavy atom. The molecule has 0 aliphatic rings. The summed E-state index contributed by atoms with van der Waals surface area (Å²) < 4.78 is 5.06. The van der Waals surface area contributed by atoms with E-state index in [0.717, 1.165) is 6.20 Å². The fraction of sp³-hybridized carbons (Fsp3) is 0.250. The summed E-state index contributed by atoms with van der Waals surface area (Å²) in [7, 11) is 0. The average Bonchev–Trinajstić information content (AvgIpc) is 2.18. The number of hydrogen-bond donors (Lipinski definition) is 1. The molecule has 1 aromatic heterocycles. The first-order valence-corrected chi connectivity index (χ1v) is 4.16. The van der Waals surface area contributed by atoms with Gasteiger partial charge in [0.2, 0.25) is 5.95 Å². The van der Waals surface area contributed by atoms with Gasteiger partial charge in [0.05, 0.1) is 4.92 Å². The number of aromatic nitrogens is 2. The second-order valence-corrected chi connectivity index (χ2v) is 2.56. The lowest BCUT2D eigenvalue weighted by atomic mass is 10.5. The van der Waals surface area contributed by atoms with Crippen molar-refractivity contribution in [3.63, 3.8) is 0 Å². The quantitative estimate of drug-likeness (QED) is 0.450. The molecule has 0 fully saturated rings. The van der Waals surface area contributed by atoms with E-state index in [4.69, 9.17) is 10.5 Å². The monoisotopic (exact) mass is 210 g/mol. The van der Waals surface area contributed by atoms with Crippen molar-refractivity contribution < 1.29 is 9.66 Å². The van der Waals surface area contributed by atoms with E-state index in [9.17, 15) is 10.1 Å². The van der Waals surface area contributed by atoms with Crippen LogP contribution in [0.5, 0.6) is 5.88 Å². The maximum absolute atomic E-state index is 10.6. The van der Waals surface area contributed by atoms with Gasteiger partial charge in [-0.25, -0.2) is 4.98 Å². The maximum Gasteiger partial charge on any atom is 0.349 e. The van der Waals surface area contributed by atoms with E-state index in [1.165, 1.54) is 0 Å². The van der Waals surface area contributed by atoms with Crippen LogP contribution < -0.4 is 10.5 Å². The predicted molar refractivity (Wildman–Crippen MR) is 53.4 cm³/mol. The molecule has 0 unspecified atom stereocenters. The zero-order valence-electron chi connectivity index (χ0n) is 8.08. The first-order chi connectivity index (χ1) is 7.15. The molecule has 2 N–H and O–H groups in total. The lowest BCUT2D eigenvalue weighted by Crippen LogP contribution is -2.04. The fourth-order valence-electron chi connectivity index (χ4n) is 0.827. The van der Waals surface area contributed by atoms with E-state index in [1.54, 1.807) is 12.2 Å². The molecule has 0 atom stereocenters. The Hall–Kier alpha value is -2.18. The molecule has 0 saturated heterocycles. The van der Waals surface area contributed by atoms with Crippen molar-refractivity contribution in [1.29, 1.82) is 0 Å². The molecule has 1 heterocycles. The second-order valence-electron chi connectivity index (χ2n) is 2.56. The molecule has 0 amide bonds. The van der Waals surface area contributed by atoms with Crippen molar-refractivity contribution in [1.82, 2.24) is 9.97 Å². The number of nitrogens with two attached hydrogens (primary N) is 1. The van der Waals surface area contributed by atoms with Gasteiger partial charge in [-0.1, -0.05) is 12.2 Å². The van der Waals surface area contributed by atoms with Gasteiger partial charge in [0.15, 0.2) is 0 Å². The first kappa shape index (κ1) is 10.9. The van der Waals surface area contributed by atoms with Crippen molar-refractivity contribution in [3.8, 4) is 5.88 Å². The highest BCUT2D eigenvalue weighted by molar-refractivity contribution is 5.41. The highest BCUT2D eigenvalue weighted by Gasteiger charge is 2.17. The topological polar surface area (TPSA) is 104 Å². The minimum absolute atomic E-state index is 0.0592. The SMILES string of the molecule is C/C=C/COc1nc(N)ncc1[N+](=O)[O-]. The Morgan fingerprint density at radius 2 is 2.47 bits per heavy atom. The van der Waals surface area contributed by atoms with Crippen LogP contribution in [0.2, 0.25) is 0 Å². The fourth-order valence-corrected chi connectivity index (χ4v) is 0.827. The van der Waals surface area contributed by atoms with Crippen LogP contribution in [0.1, 0.15) is 6.92 Å². The zero-order chi connectivity index (χ0) is 11.3. The van der Waals surface area contributed by atoms with Gasteiger partial charge in [-0.3, -0.25) is 10.1 Å². The molecule has 0 aliphatic carbocycles. The molecule has 0 radical (unpaired) electrons. The number of ether oxygens (including phenoxy) is 1. The van der Waals surface area contributed by atoms with E-state index >= 15 is 0 Å². The smallest absolute Gasteiger partial charge is 0.349 e. The number of nitro groups is 1. The Bertz CT molecular complexity index is 391. The minimum atomic E-state index is -0.621. The predicted octanol–water partition coefficient (Wildman–Crippen LogP) is 0.922. The summed E-state index contributed by atoms with van der Waals surface area (Å²) in [6.07, 6.45) is 4.48. The summed E-state index contributed by atoms with van der Waals surface area (Å²) in [5, 5.41) is 10.6. The number of allylic oxidation sites excluding steroid dienone is 1. The molecule has 0 aliphatic heterocycles. The van der Waals surface area contributed by atoms with Gasteiger partial charge in [0.1, 0.15) is 12.8 Å². The van der Waals surface area contributed by atoms with E-state index in [2.05, 4.69) is 9.97 Å². The van der Waals surface area contributed by atoms with Gasteiger partial charge in [-0.15, -0.1) is 0 Å². The standard InChI is InChI=1S/C8H10N4O3/c1-2-3-4-15-7-6(12(13)14)5-10-8(9)11-7/h2-3,5H,4H2,1H3,(H2,9,10,11)/b3-2+. The zero-order valence-corrected chi connectivity index (χ0v) is 8.08. The number of rotatable bonds is 4. The first-order valence-electron chi connectivity index (χ1n) is 4.16. The number of nitrogen functional groups attached to an aromatic ring is 1. The van der Waals surface area contributed by atoms with Gasteiger partial charge >= 0.3 is 5.69 Å². The molecule has 7 heteroatoms. The summed E-state index contributed by atoms with van der Waals surface area (Å²) in [4.78, 5) is 17.1. The van der Waals surface area contributed by atoms with Gasteiger partial charge in [-0.2, -0.15) is 4.98 Å². The molecule has 0 spiro atoms. The summed E-state index contributed by atoms with van der Waals surface area (Å²) in [5.74, 6) is -0.179. The van der Waals surface area contributed by atoms with Crippen LogP contribution in [0.4, 0.5) is 11.6 Å². The molecule has 15 heavy (non-hydrogen) atoms. The van der Waals surface area contributed by atoms with E-state index < -0.39 is 4.92 Å². The molecule has 0 bridgehead atoms. The van der Waals surface area contributed by atoms with Crippen molar-refractivity contribution in [2.75, 3.05) is 12.3 Å². The summed E-state index contributed by atoms with van der Waals surface area (Å²) in [6.45, 7) is 2.01. The van der Waals surface area contributed by atoms with Gasteiger partial charge in [-0.05, 0) is 6.92 Å². The molecular weight excluding hydrogens is 200 g/mol. The molecule has 80 valence electrons. The van der Waals surface area contributed by atoms with E-state index in [0.29, 0.717) is 0 Å². The normalized spacial score (nSPS) is 10.5. The molecule has 1 aromatic rings. The van der Waals surface area contributed by atoms with Crippen LogP contribution in [0, 0.1) is 10.1 Å². The molecule has 0 saturated carbocycles. The number of nitrogens with zero attached hydrogens (tertiary/aromatic N) is 3. The van der Waals surface area contributed by atoms with Crippen molar-refractivity contribution in [3.05, 3.63) is 28.5 Å². The summed E-state index contributed by atoms with van der Waals surface area (Å²) in [5.41, 5.74) is 4.99. The largest absolute Gasteiger partial charge is 0.468 e. The van der Waals surface area contributed by atoms with Gasteiger partial charge in [0, 0.05) is 0 Å². The molecular formula is C8H10N4O3. The van der Waals surface area contributed by atoms with Crippen LogP contribution in [0.25, 0.3) is 0 Å². The maximum atomic E-state index is 10.6. The highest BCUT2D eigenvalue weighted by Crippen LogP contribution is 2.23. The van der Waals surface area contributed by atoms with Crippen LogP contribution in [0.15, 0.2) is 18.3 Å². The third-order valence-electron chi connectivity index (χ3n) is 1.50. The minimum Gasteiger partial charge on any atom is -0.468 e. The van der Waals surface area contributed by atoms with Crippen LogP contribution in [-0.4, -0.2) is 21.5 Å². The Balaban J connectivity index is 2.91. The number of hydrogen-bond acceptors (Lipinski definition) is 6. The Kier molecular flexibility index (Phi) is 3.55. The Morgan fingerprint density at radius 1 is 1.73 bits per heavy atom. The van der Waals surface area contributed by atoms with Crippen LogP contribution >= 0.6 is 0 Å². The van der Waals surface area contributed by atoms with Gasteiger partial charge < -0.3 is 10.5 Å². The average molecular weight is 210 g/mol.